The van der Waals surface area contributed by atoms with Gasteiger partial charge in [-0.2, -0.15) is 4.98 Å². The molecule has 0 fully saturated rings. The molecule has 0 aliphatic carbocycles. The standard InChI is InChI=1S/C15H19N5O/c1-9-2-4-10(5-3-9)7-17-11-6-12-13(18-8-11)19-15(16)20-14(12)21/h2-5,11,17H,6-8H2,1H3,(H4,16,18,19,20,21). The minimum atomic E-state index is -0.160. The maximum Gasteiger partial charge on any atom is 0.257 e. The van der Waals surface area contributed by atoms with Gasteiger partial charge in [-0.05, 0) is 18.9 Å². The summed E-state index contributed by atoms with van der Waals surface area (Å²) in [7, 11) is 0. The van der Waals surface area contributed by atoms with E-state index < -0.39 is 0 Å². The summed E-state index contributed by atoms with van der Waals surface area (Å²) in [5.41, 5.74) is 8.53. The first-order valence-corrected chi connectivity index (χ1v) is 7.03. The molecule has 0 bridgehead atoms. The van der Waals surface area contributed by atoms with Crippen molar-refractivity contribution in [2.75, 3.05) is 17.6 Å². The number of rotatable bonds is 3. The lowest BCUT2D eigenvalue weighted by Gasteiger charge is -2.25. The first-order chi connectivity index (χ1) is 10.1. The van der Waals surface area contributed by atoms with Crippen LogP contribution in [-0.2, 0) is 13.0 Å². The van der Waals surface area contributed by atoms with Crippen molar-refractivity contribution in [3.05, 3.63) is 51.3 Å². The van der Waals surface area contributed by atoms with Crippen molar-refractivity contribution in [2.45, 2.75) is 25.9 Å². The number of benzene rings is 1. The highest BCUT2D eigenvalue weighted by molar-refractivity contribution is 5.48. The van der Waals surface area contributed by atoms with Crippen molar-refractivity contribution >= 4 is 11.8 Å². The number of nitrogens with two attached hydrogens (primary N) is 1. The molecule has 0 saturated carbocycles. The molecule has 0 amide bonds. The topological polar surface area (TPSA) is 95.8 Å². The van der Waals surface area contributed by atoms with Crippen molar-refractivity contribution in [3.63, 3.8) is 0 Å². The van der Waals surface area contributed by atoms with E-state index in [0.29, 0.717) is 17.8 Å². The molecule has 2 heterocycles. The monoisotopic (exact) mass is 285 g/mol. The Kier molecular flexibility index (Phi) is 3.62. The lowest BCUT2D eigenvalue weighted by Crippen LogP contribution is -2.42. The summed E-state index contributed by atoms with van der Waals surface area (Å²) in [5, 5.41) is 6.63. The lowest BCUT2D eigenvalue weighted by atomic mass is 10.0. The van der Waals surface area contributed by atoms with E-state index in [1.807, 2.05) is 0 Å². The Labute approximate surface area is 122 Å². The minimum Gasteiger partial charge on any atom is -0.369 e. The fourth-order valence-electron chi connectivity index (χ4n) is 2.50. The van der Waals surface area contributed by atoms with E-state index in [1.54, 1.807) is 0 Å². The Hall–Kier alpha value is -2.34. The van der Waals surface area contributed by atoms with Crippen LogP contribution in [0, 0.1) is 6.92 Å². The molecule has 6 nitrogen and oxygen atoms in total. The molecule has 1 aliphatic heterocycles. The van der Waals surface area contributed by atoms with Crippen molar-refractivity contribution < 1.29 is 0 Å². The van der Waals surface area contributed by atoms with Gasteiger partial charge in [0.1, 0.15) is 5.82 Å². The number of nitrogens with zero attached hydrogens (tertiary/aromatic N) is 1. The van der Waals surface area contributed by atoms with Crippen LogP contribution in [0.15, 0.2) is 29.1 Å². The number of nitrogen functional groups attached to an aromatic ring is 1. The number of nitrogens with one attached hydrogen (secondary N) is 3. The number of hydrogen-bond donors (Lipinski definition) is 4. The molecule has 1 aliphatic rings. The molecule has 1 unspecified atom stereocenters. The van der Waals surface area contributed by atoms with Gasteiger partial charge >= 0.3 is 0 Å². The van der Waals surface area contributed by atoms with Gasteiger partial charge in [-0.1, -0.05) is 29.8 Å². The van der Waals surface area contributed by atoms with Crippen LogP contribution in [0.1, 0.15) is 16.7 Å². The van der Waals surface area contributed by atoms with E-state index in [4.69, 9.17) is 5.73 Å². The smallest absolute Gasteiger partial charge is 0.257 e. The van der Waals surface area contributed by atoms with Crippen LogP contribution >= 0.6 is 0 Å². The van der Waals surface area contributed by atoms with Gasteiger partial charge in [0, 0.05) is 19.1 Å². The molecule has 5 N–H and O–H groups in total. The summed E-state index contributed by atoms with van der Waals surface area (Å²) in [5.74, 6) is 0.752. The fraction of sp³-hybridized carbons (Fsp3) is 0.333. The van der Waals surface area contributed by atoms with Crippen LogP contribution in [0.25, 0.3) is 0 Å². The lowest BCUT2D eigenvalue weighted by molar-refractivity contribution is 0.512. The van der Waals surface area contributed by atoms with Crippen LogP contribution in [0.5, 0.6) is 0 Å². The Morgan fingerprint density at radius 1 is 1.38 bits per heavy atom. The molecule has 110 valence electrons. The van der Waals surface area contributed by atoms with Crippen molar-refractivity contribution in [3.8, 4) is 0 Å². The van der Waals surface area contributed by atoms with E-state index in [-0.39, 0.29) is 17.5 Å². The van der Waals surface area contributed by atoms with Gasteiger partial charge < -0.3 is 16.4 Å². The molecule has 0 saturated heterocycles. The average molecular weight is 285 g/mol. The van der Waals surface area contributed by atoms with E-state index in [2.05, 4.69) is 51.8 Å². The van der Waals surface area contributed by atoms with Gasteiger partial charge in [-0.3, -0.25) is 9.78 Å². The molecular weight excluding hydrogens is 266 g/mol. The van der Waals surface area contributed by atoms with E-state index in [9.17, 15) is 4.79 Å². The number of aromatic amines is 1. The number of anilines is 2. The fourth-order valence-corrected chi connectivity index (χ4v) is 2.50. The zero-order chi connectivity index (χ0) is 14.8. The zero-order valence-electron chi connectivity index (χ0n) is 11.9. The average Bonchev–Trinajstić information content (AvgIpc) is 2.47. The highest BCUT2D eigenvalue weighted by Crippen LogP contribution is 2.16. The molecule has 1 atom stereocenters. The van der Waals surface area contributed by atoms with Crippen LogP contribution in [0.3, 0.4) is 0 Å². The Bertz CT molecular complexity index is 692. The van der Waals surface area contributed by atoms with Crippen molar-refractivity contribution in [1.29, 1.82) is 0 Å². The molecule has 3 rings (SSSR count). The minimum absolute atomic E-state index is 0.150. The Morgan fingerprint density at radius 2 is 2.14 bits per heavy atom. The summed E-state index contributed by atoms with van der Waals surface area (Å²) in [4.78, 5) is 18.6. The summed E-state index contributed by atoms with van der Waals surface area (Å²) in [6.07, 6.45) is 0.650. The van der Waals surface area contributed by atoms with Gasteiger partial charge in [0.25, 0.3) is 5.56 Å². The van der Waals surface area contributed by atoms with Gasteiger partial charge in [0.05, 0.1) is 5.56 Å². The highest BCUT2D eigenvalue weighted by atomic mass is 16.1. The van der Waals surface area contributed by atoms with E-state index >= 15 is 0 Å². The van der Waals surface area contributed by atoms with Crippen molar-refractivity contribution in [1.82, 2.24) is 15.3 Å². The predicted molar refractivity (Wildman–Crippen MR) is 83.3 cm³/mol. The van der Waals surface area contributed by atoms with Crippen LogP contribution in [0.2, 0.25) is 0 Å². The highest BCUT2D eigenvalue weighted by Gasteiger charge is 2.21. The van der Waals surface area contributed by atoms with Crippen molar-refractivity contribution in [2.24, 2.45) is 0 Å². The molecular formula is C15H19N5O. The van der Waals surface area contributed by atoms with Gasteiger partial charge in [0.15, 0.2) is 0 Å². The summed E-state index contributed by atoms with van der Waals surface area (Å²) in [6, 6.07) is 8.62. The van der Waals surface area contributed by atoms with E-state index in [1.165, 1.54) is 11.1 Å². The largest absolute Gasteiger partial charge is 0.369 e. The summed E-state index contributed by atoms with van der Waals surface area (Å²) < 4.78 is 0. The molecule has 21 heavy (non-hydrogen) atoms. The van der Waals surface area contributed by atoms with Gasteiger partial charge in [-0.25, -0.2) is 0 Å². The number of fused-ring (bicyclic) bond motifs is 1. The number of aromatic nitrogens is 2. The second-order valence-corrected chi connectivity index (χ2v) is 5.43. The van der Waals surface area contributed by atoms with Crippen LogP contribution < -0.4 is 21.9 Å². The zero-order valence-corrected chi connectivity index (χ0v) is 11.9. The third kappa shape index (κ3) is 3.05. The third-order valence-corrected chi connectivity index (χ3v) is 3.72. The molecule has 0 radical (unpaired) electrons. The maximum absolute atomic E-state index is 11.9. The SMILES string of the molecule is Cc1ccc(CNC2CNc3nc(N)[nH]c(=O)c3C2)cc1. The Morgan fingerprint density at radius 3 is 2.90 bits per heavy atom. The van der Waals surface area contributed by atoms with E-state index in [0.717, 1.165) is 13.1 Å². The van der Waals surface area contributed by atoms with Gasteiger partial charge in [0.2, 0.25) is 5.95 Å². The quantitative estimate of drug-likeness (QED) is 0.668. The number of hydrogen-bond acceptors (Lipinski definition) is 5. The van der Waals surface area contributed by atoms with Crippen LogP contribution in [0.4, 0.5) is 11.8 Å². The molecule has 1 aromatic heterocycles. The predicted octanol–water partition coefficient (Wildman–Crippen LogP) is 0.787. The second kappa shape index (κ2) is 5.57. The first-order valence-electron chi connectivity index (χ1n) is 7.03. The number of H-pyrrole nitrogens is 1. The molecule has 6 heteroatoms. The third-order valence-electron chi connectivity index (χ3n) is 3.72. The maximum atomic E-state index is 11.9. The molecule has 0 spiro atoms. The molecule has 2 aromatic rings. The van der Waals surface area contributed by atoms with Gasteiger partial charge in [-0.15, -0.1) is 0 Å². The number of aryl methyl sites for hydroxylation is 1. The first kappa shape index (κ1) is 13.6. The Balaban J connectivity index is 1.66. The summed E-state index contributed by atoms with van der Waals surface area (Å²) >= 11 is 0. The second-order valence-electron chi connectivity index (χ2n) is 5.43. The normalized spacial score (nSPS) is 17.1. The van der Waals surface area contributed by atoms with Crippen LogP contribution in [-0.4, -0.2) is 22.6 Å². The molecule has 1 aromatic carbocycles. The summed E-state index contributed by atoms with van der Waals surface area (Å²) in [6.45, 7) is 3.58.